The van der Waals surface area contributed by atoms with E-state index in [2.05, 4.69) is 4.74 Å². The van der Waals surface area contributed by atoms with Crippen LogP contribution >= 0.6 is 0 Å². The second-order valence-corrected chi connectivity index (χ2v) is 3.24. The Hall–Kier alpha value is -1.59. The van der Waals surface area contributed by atoms with Crippen LogP contribution < -0.4 is 4.74 Å². The molecule has 0 aliphatic carbocycles. The van der Waals surface area contributed by atoms with Crippen molar-refractivity contribution < 1.29 is 24.1 Å². The molecule has 0 aliphatic heterocycles. The van der Waals surface area contributed by atoms with Gasteiger partial charge in [-0.1, -0.05) is 0 Å². The molecule has 17 heavy (non-hydrogen) atoms. The maximum Gasteiger partial charge on any atom is 0.337 e. The number of carbonyl (C=O) groups excluding carboxylic acids is 1. The first-order valence-corrected chi connectivity index (χ1v) is 5.28. The normalized spacial score (nSPS) is 11.9. The van der Waals surface area contributed by atoms with Gasteiger partial charge in [-0.3, -0.25) is 0 Å². The predicted octanol–water partition coefficient (Wildman–Crippen LogP) is 1.21. The van der Waals surface area contributed by atoms with Crippen molar-refractivity contribution in [1.82, 2.24) is 0 Å². The molecule has 1 unspecified atom stereocenters. The Balaban J connectivity index is 2.48. The summed E-state index contributed by atoms with van der Waals surface area (Å²) in [6.07, 6.45) is -0.944. The van der Waals surface area contributed by atoms with Crippen molar-refractivity contribution in [2.24, 2.45) is 0 Å². The van der Waals surface area contributed by atoms with Crippen molar-refractivity contribution >= 4 is 5.97 Å². The van der Waals surface area contributed by atoms with Gasteiger partial charge < -0.3 is 19.3 Å². The SMILES string of the molecule is CCOC(O)COc1ccc(C(=O)OC)cc1. The third-order valence-electron chi connectivity index (χ3n) is 2.03. The highest BCUT2D eigenvalue weighted by molar-refractivity contribution is 5.89. The van der Waals surface area contributed by atoms with Gasteiger partial charge in [0.25, 0.3) is 0 Å². The van der Waals surface area contributed by atoms with Crippen molar-refractivity contribution in [3.63, 3.8) is 0 Å². The molecule has 94 valence electrons. The van der Waals surface area contributed by atoms with Crippen molar-refractivity contribution in [3.05, 3.63) is 29.8 Å². The van der Waals surface area contributed by atoms with Gasteiger partial charge >= 0.3 is 5.97 Å². The van der Waals surface area contributed by atoms with Crippen molar-refractivity contribution in [1.29, 1.82) is 0 Å². The van der Waals surface area contributed by atoms with Gasteiger partial charge in [-0.05, 0) is 31.2 Å². The maximum atomic E-state index is 11.2. The van der Waals surface area contributed by atoms with E-state index in [0.29, 0.717) is 17.9 Å². The molecular weight excluding hydrogens is 224 g/mol. The largest absolute Gasteiger partial charge is 0.488 e. The van der Waals surface area contributed by atoms with Gasteiger partial charge in [0.1, 0.15) is 12.4 Å². The molecule has 0 amide bonds. The first-order chi connectivity index (χ1) is 8.17. The summed E-state index contributed by atoms with van der Waals surface area (Å²) in [6.45, 7) is 2.26. The average molecular weight is 240 g/mol. The Bertz CT molecular complexity index is 346. The van der Waals surface area contributed by atoms with E-state index in [-0.39, 0.29) is 6.61 Å². The van der Waals surface area contributed by atoms with Crippen LogP contribution in [-0.2, 0) is 9.47 Å². The molecular formula is C12H16O5. The molecule has 0 saturated carbocycles. The van der Waals surface area contributed by atoms with Crippen molar-refractivity contribution in [3.8, 4) is 5.75 Å². The third-order valence-corrected chi connectivity index (χ3v) is 2.03. The monoisotopic (exact) mass is 240 g/mol. The number of esters is 1. The fourth-order valence-corrected chi connectivity index (χ4v) is 1.21. The van der Waals surface area contributed by atoms with Gasteiger partial charge in [0.2, 0.25) is 0 Å². The van der Waals surface area contributed by atoms with Gasteiger partial charge in [0.15, 0.2) is 6.29 Å². The minimum atomic E-state index is -0.944. The van der Waals surface area contributed by atoms with Crippen LogP contribution in [0.1, 0.15) is 17.3 Å². The predicted molar refractivity (Wildman–Crippen MR) is 60.9 cm³/mol. The first-order valence-electron chi connectivity index (χ1n) is 5.28. The Morgan fingerprint density at radius 3 is 2.53 bits per heavy atom. The number of hydrogen-bond acceptors (Lipinski definition) is 5. The van der Waals surface area contributed by atoms with E-state index in [1.807, 2.05) is 0 Å². The molecule has 1 aromatic carbocycles. The third kappa shape index (κ3) is 4.42. The molecule has 0 heterocycles. The van der Waals surface area contributed by atoms with Crippen LogP contribution in [0.15, 0.2) is 24.3 Å². The van der Waals surface area contributed by atoms with Crippen LogP contribution in [0.25, 0.3) is 0 Å². The Kier molecular flexibility index (Phi) is 5.45. The van der Waals surface area contributed by atoms with E-state index >= 15 is 0 Å². The summed E-state index contributed by atoms with van der Waals surface area (Å²) in [4.78, 5) is 11.2. The van der Waals surface area contributed by atoms with Crippen LogP contribution in [0.3, 0.4) is 0 Å². The fraction of sp³-hybridized carbons (Fsp3) is 0.417. The lowest BCUT2D eigenvalue weighted by molar-refractivity contribution is -0.115. The van der Waals surface area contributed by atoms with Crippen molar-refractivity contribution in [2.45, 2.75) is 13.2 Å². The number of ether oxygens (including phenoxy) is 3. The molecule has 5 nitrogen and oxygen atoms in total. The molecule has 0 aromatic heterocycles. The zero-order valence-electron chi connectivity index (χ0n) is 9.88. The number of aliphatic hydroxyl groups is 1. The van der Waals surface area contributed by atoms with E-state index in [1.165, 1.54) is 7.11 Å². The van der Waals surface area contributed by atoms with E-state index in [1.54, 1.807) is 31.2 Å². The molecule has 0 radical (unpaired) electrons. The Morgan fingerprint density at radius 2 is 2.00 bits per heavy atom. The number of hydrogen-bond donors (Lipinski definition) is 1. The minimum Gasteiger partial charge on any atom is -0.488 e. The summed E-state index contributed by atoms with van der Waals surface area (Å²) < 4.78 is 14.7. The Morgan fingerprint density at radius 1 is 1.35 bits per heavy atom. The Labute approximate surface area is 99.9 Å². The molecule has 1 N–H and O–H groups in total. The van der Waals surface area contributed by atoms with Crippen LogP contribution in [-0.4, -0.2) is 37.7 Å². The van der Waals surface area contributed by atoms with E-state index < -0.39 is 12.3 Å². The average Bonchev–Trinajstić information content (AvgIpc) is 2.36. The summed E-state index contributed by atoms with van der Waals surface area (Å²) >= 11 is 0. The number of aliphatic hydroxyl groups excluding tert-OH is 1. The van der Waals surface area contributed by atoms with E-state index in [9.17, 15) is 9.90 Å². The van der Waals surface area contributed by atoms with Gasteiger partial charge in [0, 0.05) is 6.61 Å². The van der Waals surface area contributed by atoms with Crippen molar-refractivity contribution in [2.75, 3.05) is 20.3 Å². The molecule has 1 aromatic rings. The molecule has 0 fully saturated rings. The highest BCUT2D eigenvalue weighted by atomic mass is 16.6. The molecule has 0 spiro atoms. The summed E-state index contributed by atoms with van der Waals surface area (Å²) in [6, 6.07) is 6.44. The van der Waals surface area contributed by atoms with Gasteiger partial charge in [-0.2, -0.15) is 0 Å². The summed E-state index contributed by atoms with van der Waals surface area (Å²) in [5, 5.41) is 9.27. The second kappa shape index (κ2) is 6.88. The summed E-state index contributed by atoms with van der Waals surface area (Å²) in [5.74, 6) is 0.155. The smallest absolute Gasteiger partial charge is 0.337 e. The van der Waals surface area contributed by atoms with Gasteiger partial charge in [0.05, 0.1) is 12.7 Å². The molecule has 1 rings (SSSR count). The lowest BCUT2D eigenvalue weighted by Gasteiger charge is -2.12. The molecule has 0 bridgehead atoms. The lowest BCUT2D eigenvalue weighted by atomic mass is 10.2. The standard InChI is InChI=1S/C12H16O5/c1-3-16-11(13)8-17-10-6-4-9(5-7-10)12(14)15-2/h4-7,11,13H,3,8H2,1-2H3. The van der Waals surface area contributed by atoms with E-state index in [4.69, 9.17) is 9.47 Å². The quantitative estimate of drug-likeness (QED) is 0.598. The van der Waals surface area contributed by atoms with Gasteiger partial charge in [-0.25, -0.2) is 4.79 Å². The zero-order valence-corrected chi connectivity index (χ0v) is 9.88. The topological polar surface area (TPSA) is 65.0 Å². The maximum absolute atomic E-state index is 11.2. The van der Waals surface area contributed by atoms with Crippen LogP contribution in [0.5, 0.6) is 5.75 Å². The lowest BCUT2D eigenvalue weighted by Crippen LogP contribution is -2.20. The number of benzene rings is 1. The number of rotatable bonds is 6. The molecule has 0 aliphatic rings. The highest BCUT2D eigenvalue weighted by Gasteiger charge is 2.06. The molecule has 5 heteroatoms. The second-order valence-electron chi connectivity index (χ2n) is 3.24. The summed E-state index contributed by atoms with van der Waals surface area (Å²) in [7, 11) is 1.32. The summed E-state index contributed by atoms with van der Waals surface area (Å²) in [5.41, 5.74) is 0.449. The molecule has 1 atom stereocenters. The fourth-order valence-electron chi connectivity index (χ4n) is 1.21. The first kappa shape index (κ1) is 13.5. The number of carbonyl (C=O) groups is 1. The zero-order chi connectivity index (χ0) is 12.7. The van der Waals surface area contributed by atoms with Crippen LogP contribution in [0.4, 0.5) is 0 Å². The minimum absolute atomic E-state index is 0.0470. The molecule has 0 saturated heterocycles. The van der Waals surface area contributed by atoms with Crippen LogP contribution in [0, 0.1) is 0 Å². The van der Waals surface area contributed by atoms with Crippen LogP contribution in [0.2, 0.25) is 0 Å². The van der Waals surface area contributed by atoms with E-state index in [0.717, 1.165) is 0 Å². The highest BCUT2D eigenvalue weighted by Crippen LogP contribution is 2.13. The van der Waals surface area contributed by atoms with Gasteiger partial charge in [-0.15, -0.1) is 0 Å². The number of methoxy groups -OCH3 is 1.